The number of carbonyl (C=O) groups excluding carboxylic acids is 2. The number of alkyl halides is 6. The molecule has 9 nitrogen and oxygen atoms in total. The third kappa shape index (κ3) is 6.61. The highest BCUT2D eigenvalue weighted by Crippen LogP contribution is 2.35. The second kappa shape index (κ2) is 9.52. The number of carbonyl (C=O) groups is 3. The minimum Gasteiger partial charge on any atom is -0.465 e. The molecule has 34 heavy (non-hydrogen) atoms. The zero-order valence-corrected chi connectivity index (χ0v) is 18.6. The van der Waals surface area contributed by atoms with Crippen molar-refractivity contribution in [2.75, 3.05) is 25.5 Å². The number of hydrogen-bond acceptors (Lipinski definition) is 6. The fourth-order valence-corrected chi connectivity index (χ4v) is 3.44. The van der Waals surface area contributed by atoms with E-state index >= 15 is 0 Å². The van der Waals surface area contributed by atoms with Crippen molar-refractivity contribution in [2.45, 2.75) is 31.9 Å². The van der Waals surface area contributed by atoms with Gasteiger partial charge in [0.25, 0.3) is 0 Å². The van der Waals surface area contributed by atoms with E-state index in [1.54, 1.807) is 0 Å². The Labute approximate surface area is 191 Å². The molecule has 0 aliphatic rings. The molecule has 2 aromatic rings. The molecule has 0 radical (unpaired) electrons. The molecule has 0 aliphatic heterocycles. The molecule has 0 saturated heterocycles. The number of rotatable bonds is 7. The Balaban J connectivity index is 2.04. The van der Waals surface area contributed by atoms with Gasteiger partial charge in [-0.05, 0) is 26.0 Å². The van der Waals surface area contributed by atoms with Crippen molar-refractivity contribution in [1.29, 1.82) is 0 Å². The van der Waals surface area contributed by atoms with Crippen LogP contribution in [0.4, 0.5) is 36.3 Å². The van der Waals surface area contributed by atoms with Crippen LogP contribution < -0.4 is 10.1 Å². The van der Waals surface area contributed by atoms with E-state index in [4.69, 9.17) is 5.11 Å². The van der Waals surface area contributed by atoms with Crippen LogP contribution in [0.25, 0.3) is 10.2 Å². The molecule has 0 bridgehead atoms. The van der Waals surface area contributed by atoms with E-state index in [1.165, 1.54) is 6.07 Å². The third-order valence-corrected chi connectivity index (χ3v) is 5.47. The van der Waals surface area contributed by atoms with Gasteiger partial charge in [-0.25, -0.2) is 9.78 Å². The number of thiazole rings is 1. The average molecular weight is 516 g/mol. The quantitative estimate of drug-likeness (QED) is 0.540. The van der Waals surface area contributed by atoms with Gasteiger partial charge in [-0.15, -0.1) is 13.2 Å². The van der Waals surface area contributed by atoms with Gasteiger partial charge >= 0.3 is 18.6 Å². The Morgan fingerprint density at radius 2 is 1.74 bits per heavy atom. The van der Waals surface area contributed by atoms with Crippen LogP contribution in [0.5, 0.6) is 5.75 Å². The maximum atomic E-state index is 13.2. The number of nitrogens with zero attached hydrogens (tertiary/aromatic N) is 3. The highest BCUT2D eigenvalue weighted by atomic mass is 32.1. The van der Waals surface area contributed by atoms with Crippen molar-refractivity contribution >= 4 is 44.6 Å². The molecule has 1 aromatic carbocycles. The molecule has 2 rings (SSSR count). The first-order chi connectivity index (χ1) is 15.4. The first kappa shape index (κ1) is 26.9. The monoisotopic (exact) mass is 516 g/mol. The van der Waals surface area contributed by atoms with Gasteiger partial charge in [-0.3, -0.25) is 14.5 Å². The summed E-state index contributed by atoms with van der Waals surface area (Å²) in [6.07, 6.45) is -11.8. The summed E-state index contributed by atoms with van der Waals surface area (Å²) in [7, 11) is 1.08. The third-order valence-electron chi connectivity index (χ3n) is 4.54. The van der Waals surface area contributed by atoms with E-state index in [2.05, 4.69) is 15.0 Å². The first-order valence-corrected chi connectivity index (χ1v) is 10.00. The summed E-state index contributed by atoms with van der Waals surface area (Å²) in [5.74, 6) is -2.39. The van der Waals surface area contributed by atoms with E-state index in [1.807, 2.05) is 0 Å². The number of benzene rings is 1. The molecule has 0 saturated carbocycles. The summed E-state index contributed by atoms with van der Waals surface area (Å²) in [5, 5.41) is 11.4. The largest absolute Gasteiger partial charge is 0.573 e. The number of nitrogens with one attached hydrogen (secondary N) is 1. The summed E-state index contributed by atoms with van der Waals surface area (Å²) in [4.78, 5) is 40.4. The molecular formula is C18H18F6N4O5S. The number of amides is 3. The number of fused-ring (bicyclic) bond motifs is 1. The zero-order valence-electron chi connectivity index (χ0n) is 17.7. The van der Waals surface area contributed by atoms with Gasteiger partial charge in [0.1, 0.15) is 17.8 Å². The van der Waals surface area contributed by atoms with Gasteiger partial charge in [0, 0.05) is 13.1 Å². The number of ether oxygens (including phenoxy) is 1. The van der Waals surface area contributed by atoms with E-state index in [0.29, 0.717) is 13.8 Å². The SMILES string of the molecule is CN(CC(=O)Nc1nc2ccc(OC(F)(F)F)cc2s1)C(=O)CN(C(=O)O)C(C)(C)C(F)(F)F. The van der Waals surface area contributed by atoms with Crippen molar-refractivity contribution in [2.24, 2.45) is 0 Å². The molecule has 16 heteroatoms. The first-order valence-electron chi connectivity index (χ1n) is 9.18. The number of halogens is 6. The minimum absolute atomic E-state index is 0.0182. The van der Waals surface area contributed by atoms with Gasteiger partial charge in [0.05, 0.1) is 16.8 Å². The molecule has 0 unspecified atom stereocenters. The number of anilines is 1. The number of hydrogen-bond donors (Lipinski definition) is 2. The van der Waals surface area contributed by atoms with Crippen molar-refractivity contribution in [1.82, 2.24) is 14.8 Å². The molecule has 1 aromatic heterocycles. The Morgan fingerprint density at radius 3 is 2.26 bits per heavy atom. The van der Waals surface area contributed by atoms with E-state index in [9.17, 15) is 40.7 Å². The van der Waals surface area contributed by atoms with Gasteiger partial charge in [-0.1, -0.05) is 11.3 Å². The fraction of sp³-hybridized carbons (Fsp3) is 0.444. The maximum Gasteiger partial charge on any atom is 0.573 e. The van der Waals surface area contributed by atoms with Gasteiger partial charge in [0.15, 0.2) is 5.13 Å². The van der Waals surface area contributed by atoms with Crippen LogP contribution in [0.2, 0.25) is 0 Å². The predicted octanol–water partition coefficient (Wildman–Crippen LogP) is 3.91. The number of likely N-dealkylation sites (N-methyl/N-ethyl adjacent to an activating group) is 1. The second-order valence-electron chi connectivity index (χ2n) is 7.42. The Bertz CT molecular complexity index is 1080. The summed E-state index contributed by atoms with van der Waals surface area (Å²) >= 11 is 0.817. The van der Waals surface area contributed by atoms with Crippen LogP contribution >= 0.6 is 11.3 Å². The summed E-state index contributed by atoms with van der Waals surface area (Å²) < 4.78 is 80.6. The maximum absolute atomic E-state index is 13.2. The lowest BCUT2D eigenvalue weighted by Gasteiger charge is -2.37. The molecule has 0 aliphatic carbocycles. The van der Waals surface area contributed by atoms with Crippen LogP contribution in [-0.2, 0) is 9.59 Å². The summed E-state index contributed by atoms with van der Waals surface area (Å²) in [6.45, 7) is -0.620. The normalized spacial score (nSPS) is 12.4. The van der Waals surface area contributed by atoms with E-state index < -0.39 is 54.8 Å². The van der Waals surface area contributed by atoms with Crippen LogP contribution in [0.3, 0.4) is 0 Å². The van der Waals surface area contributed by atoms with Crippen LogP contribution in [0, 0.1) is 0 Å². The lowest BCUT2D eigenvalue weighted by atomic mass is 10.0. The molecule has 2 N–H and O–H groups in total. The van der Waals surface area contributed by atoms with Gasteiger partial charge in [0.2, 0.25) is 11.8 Å². The molecular weight excluding hydrogens is 498 g/mol. The zero-order chi connectivity index (χ0) is 26.1. The highest BCUT2D eigenvalue weighted by molar-refractivity contribution is 7.22. The molecule has 188 valence electrons. The van der Waals surface area contributed by atoms with Gasteiger partial charge < -0.3 is 20.1 Å². The van der Waals surface area contributed by atoms with Crippen molar-refractivity contribution < 1.29 is 50.6 Å². The van der Waals surface area contributed by atoms with Crippen LogP contribution in [-0.4, -0.2) is 76.0 Å². The van der Waals surface area contributed by atoms with E-state index in [-0.39, 0.29) is 20.2 Å². The number of aromatic nitrogens is 1. The molecule has 0 spiro atoms. The summed E-state index contributed by atoms with van der Waals surface area (Å²) in [6, 6.07) is 3.33. The second-order valence-corrected chi connectivity index (χ2v) is 8.45. The fourth-order valence-electron chi connectivity index (χ4n) is 2.53. The predicted molar refractivity (Wildman–Crippen MR) is 107 cm³/mol. The molecule has 0 fully saturated rings. The minimum atomic E-state index is -4.96. The summed E-state index contributed by atoms with van der Waals surface area (Å²) in [5.41, 5.74) is -2.61. The number of carboxylic acid groups (broad SMARTS) is 1. The standard InChI is InChI=1S/C18H18F6N4O5S/c1-16(2,17(19,20)21)28(15(31)32)8-13(30)27(3)7-12(29)26-14-25-10-5-4-9(6-11(10)34-14)33-18(22,23)24/h4-6H,7-8H2,1-3H3,(H,31,32)(H,25,26,29). The Kier molecular flexibility index (Phi) is 7.54. The lowest BCUT2D eigenvalue weighted by molar-refractivity contribution is -0.274. The topological polar surface area (TPSA) is 112 Å². The highest BCUT2D eigenvalue weighted by Gasteiger charge is 2.54. The van der Waals surface area contributed by atoms with Crippen molar-refractivity contribution in [3.05, 3.63) is 18.2 Å². The van der Waals surface area contributed by atoms with Crippen LogP contribution in [0.1, 0.15) is 13.8 Å². The van der Waals surface area contributed by atoms with Crippen LogP contribution in [0.15, 0.2) is 18.2 Å². The van der Waals surface area contributed by atoms with Crippen molar-refractivity contribution in [3.8, 4) is 5.75 Å². The molecule has 1 heterocycles. The lowest BCUT2D eigenvalue weighted by Crippen LogP contribution is -2.59. The van der Waals surface area contributed by atoms with Gasteiger partial charge in [-0.2, -0.15) is 13.2 Å². The van der Waals surface area contributed by atoms with E-state index in [0.717, 1.165) is 35.4 Å². The Hall–Kier alpha value is -3.30. The average Bonchev–Trinajstić information content (AvgIpc) is 3.04. The molecule has 3 amide bonds. The smallest absolute Gasteiger partial charge is 0.465 e. The Morgan fingerprint density at radius 1 is 1.12 bits per heavy atom. The molecule has 0 atom stereocenters. The van der Waals surface area contributed by atoms with Crippen molar-refractivity contribution in [3.63, 3.8) is 0 Å².